The Morgan fingerprint density at radius 3 is 1.14 bits per heavy atom. The van der Waals surface area contributed by atoms with E-state index in [0.717, 1.165) is 0 Å². The first-order chi connectivity index (χ1) is 10.7. The van der Waals surface area contributed by atoms with Crippen LogP contribution < -0.4 is 0 Å². The Balaban J connectivity index is 2.59. The Labute approximate surface area is 127 Å². The molecule has 0 saturated heterocycles. The number of esters is 2. The summed E-state index contributed by atoms with van der Waals surface area (Å²) in [7, 11) is 2.69. The summed E-state index contributed by atoms with van der Waals surface area (Å²) in [6.07, 6.45) is 0. The molecule has 0 bridgehead atoms. The Bertz CT molecular complexity index is 765. The van der Waals surface area contributed by atoms with E-state index >= 15 is 0 Å². The van der Waals surface area contributed by atoms with E-state index in [0.29, 0.717) is 32.7 Å². The smallest absolute Gasteiger partial charge is 0.339 e. The molecule has 3 aromatic carbocycles. The maximum absolute atomic E-state index is 12.3. The fraction of sp³-hybridized carbons (Fsp3) is 0.111. The molecule has 0 aliphatic rings. The molecule has 22 heavy (non-hydrogen) atoms. The first-order valence-corrected chi connectivity index (χ1v) is 6.79. The van der Waals surface area contributed by atoms with E-state index in [4.69, 9.17) is 9.47 Å². The summed E-state index contributed by atoms with van der Waals surface area (Å²) in [6, 6.07) is 14.5. The fourth-order valence-electron chi connectivity index (χ4n) is 2.77. The van der Waals surface area contributed by atoms with E-state index in [9.17, 15) is 9.59 Å². The average Bonchev–Trinajstić information content (AvgIpc) is 2.58. The first-order valence-electron chi connectivity index (χ1n) is 6.79. The zero-order chi connectivity index (χ0) is 15.7. The number of methoxy groups -OCH3 is 2. The molecule has 0 atom stereocenters. The summed E-state index contributed by atoms with van der Waals surface area (Å²) in [4.78, 5) is 24.5. The van der Waals surface area contributed by atoms with E-state index in [1.807, 2.05) is 24.3 Å². The van der Waals surface area contributed by atoms with Crippen molar-refractivity contribution in [3.05, 3.63) is 59.7 Å². The van der Waals surface area contributed by atoms with Gasteiger partial charge in [0.25, 0.3) is 0 Å². The van der Waals surface area contributed by atoms with Crippen LogP contribution in [0.4, 0.5) is 0 Å². The van der Waals surface area contributed by atoms with Crippen molar-refractivity contribution in [2.45, 2.75) is 0 Å². The summed E-state index contributed by atoms with van der Waals surface area (Å²) in [5.74, 6) is -0.854. The molecular weight excluding hydrogens is 280 g/mol. The number of hydrogen-bond acceptors (Lipinski definition) is 4. The molecule has 3 aromatic rings. The van der Waals surface area contributed by atoms with E-state index in [-0.39, 0.29) is 0 Å². The number of benzene rings is 3. The molecule has 0 spiro atoms. The lowest BCUT2D eigenvalue weighted by Crippen LogP contribution is -2.08. The van der Waals surface area contributed by atoms with Gasteiger partial charge in [0.2, 0.25) is 0 Å². The van der Waals surface area contributed by atoms with Gasteiger partial charge in [0.1, 0.15) is 0 Å². The minimum absolute atomic E-state index is 0.427. The van der Waals surface area contributed by atoms with E-state index in [1.165, 1.54) is 14.2 Å². The molecule has 110 valence electrons. The lowest BCUT2D eigenvalue weighted by atomic mass is 9.91. The van der Waals surface area contributed by atoms with Gasteiger partial charge in [-0.25, -0.2) is 9.59 Å². The lowest BCUT2D eigenvalue weighted by molar-refractivity contribution is 0.0593. The first kappa shape index (κ1) is 14.1. The third-order valence-corrected chi connectivity index (χ3v) is 3.71. The SMILES string of the molecule is COC(=O)c1c2ccccc2c(C(=O)OC)c2ccccc12. The predicted molar refractivity (Wildman–Crippen MR) is 84.1 cm³/mol. The molecule has 0 aliphatic heterocycles. The molecule has 4 heteroatoms. The largest absolute Gasteiger partial charge is 0.465 e. The topological polar surface area (TPSA) is 52.6 Å². The van der Waals surface area contributed by atoms with Crippen LogP contribution in [-0.2, 0) is 9.47 Å². The lowest BCUT2D eigenvalue weighted by Gasteiger charge is -2.14. The monoisotopic (exact) mass is 294 g/mol. The van der Waals surface area contributed by atoms with Gasteiger partial charge in [0, 0.05) is 0 Å². The Morgan fingerprint density at radius 2 is 0.909 bits per heavy atom. The van der Waals surface area contributed by atoms with Crippen LogP contribution in [0.15, 0.2) is 48.5 Å². The third-order valence-electron chi connectivity index (χ3n) is 3.71. The third kappa shape index (κ3) is 2.00. The molecule has 0 fully saturated rings. The molecule has 0 heterocycles. The van der Waals surface area contributed by atoms with Crippen LogP contribution in [0, 0.1) is 0 Å². The van der Waals surface area contributed by atoms with Gasteiger partial charge in [-0.2, -0.15) is 0 Å². The molecule has 0 unspecified atom stereocenters. The van der Waals surface area contributed by atoms with Crippen molar-refractivity contribution in [2.24, 2.45) is 0 Å². The minimum atomic E-state index is -0.427. The number of ether oxygens (including phenoxy) is 2. The van der Waals surface area contributed by atoms with Crippen molar-refractivity contribution >= 4 is 33.5 Å². The summed E-state index contributed by atoms with van der Waals surface area (Å²) >= 11 is 0. The number of hydrogen-bond donors (Lipinski definition) is 0. The Kier molecular flexibility index (Phi) is 3.51. The molecular formula is C18H14O4. The second-order valence-corrected chi connectivity index (χ2v) is 4.82. The van der Waals surface area contributed by atoms with Gasteiger partial charge >= 0.3 is 11.9 Å². The standard InChI is InChI=1S/C18H14O4/c1-21-17(19)15-11-7-3-5-9-13(11)16(18(20)22-2)14-10-6-4-8-12(14)15/h3-10H,1-2H3. The summed E-state index contributed by atoms with van der Waals surface area (Å²) < 4.78 is 9.85. The molecule has 0 N–H and O–H groups in total. The maximum atomic E-state index is 12.3. The van der Waals surface area contributed by atoms with Crippen LogP contribution >= 0.6 is 0 Å². The van der Waals surface area contributed by atoms with Crippen LogP contribution in [0.5, 0.6) is 0 Å². The number of rotatable bonds is 2. The van der Waals surface area contributed by atoms with Crippen molar-refractivity contribution < 1.29 is 19.1 Å². The number of carbonyl (C=O) groups is 2. The summed E-state index contributed by atoms with van der Waals surface area (Å²) in [6.45, 7) is 0. The molecule has 3 rings (SSSR count). The molecule has 0 aliphatic carbocycles. The van der Waals surface area contributed by atoms with Gasteiger partial charge in [-0.3, -0.25) is 0 Å². The van der Waals surface area contributed by atoms with Gasteiger partial charge < -0.3 is 9.47 Å². The molecule has 0 radical (unpaired) electrons. The van der Waals surface area contributed by atoms with Crippen molar-refractivity contribution in [2.75, 3.05) is 14.2 Å². The van der Waals surface area contributed by atoms with Gasteiger partial charge in [-0.15, -0.1) is 0 Å². The normalized spacial score (nSPS) is 10.6. The second kappa shape index (κ2) is 5.48. The van der Waals surface area contributed by atoms with Crippen molar-refractivity contribution in [3.8, 4) is 0 Å². The molecule has 0 saturated carbocycles. The highest BCUT2D eigenvalue weighted by Crippen LogP contribution is 2.33. The van der Waals surface area contributed by atoms with Crippen LogP contribution in [0.1, 0.15) is 20.7 Å². The highest BCUT2D eigenvalue weighted by Gasteiger charge is 2.22. The maximum Gasteiger partial charge on any atom is 0.339 e. The van der Waals surface area contributed by atoms with Crippen molar-refractivity contribution in [1.29, 1.82) is 0 Å². The van der Waals surface area contributed by atoms with E-state index < -0.39 is 11.9 Å². The second-order valence-electron chi connectivity index (χ2n) is 4.82. The van der Waals surface area contributed by atoms with Gasteiger partial charge in [-0.05, 0) is 21.5 Å². The van der Waals surface area contributed by atoms with Gasteiger partial charge in [0.05, 0.1) is 25.3 Å². The number of fused-ring (bicyclic) bond motifs is 2. The van der Waals surface area contributed by atoms with E-state index in [1.54, 1.807) is 24.3 Å². The van der Waals surface area contributed by atoms with Crippen LogP contribution in [-0.4, -0.2) is 26.2 Å². The van der Waals surface area contributed by atoms with Crippen LogP contribution in [0.2, 0.25) is 0 Å². The van der Waals surface area contributed by atoms with Crippen molar-refractivity contribution in [1.82, 2.24) is 0 Å². The quantitative estimate of drug-likeness (QED) is 0.535. The van der Waals surface area contributed by atoms with Crippen LogP contribution in [0.25, 0.3) is 21.5 Å². The summed E-state index contributed by atoms with van der Waals surface area (Å²) in [5, 5.41) is 2.70. The van der Waals surface area contributed by atoms with Gasteiger partial charge in [0.15, 0.2) is 0 Å². The predicted octanol–water partition coefficient (Wildman–Crippen LogP) is 3.57. The molecule has 0 amide bonds. The van der Waals surface area contributed by atoms with Gasteiger partial charge in [-0.1, -0.05) is 48.5 Å². The number of carbonyl (C=O) groups excluding carboxylic acids is 2. The Morgan fingerprint density at radius 1 is 0.636 bits per heavy atom. The van der Waals surface area contributed by atoms with Crippen molar-refractivity contribution in [3.63, 3.8) is 0 Å². The highest BCUT2D eigenvalue weighted by atomic mass is 16.5. The highest BCUT2D eigenvalue weighted by molar-refractivity contribution is 6.24. The molecule has 0 aromatic heterocycles. The fourth-order valence-corrected chi connectivity index (χ4v) is 2.77. The summed E-state index contributed by atoms with van der Waals surface area (Å²) in [5.41, 5.74) is 0.919. The average molecular weight is 294 g/mol. The Hall–Kier alpha value is -2.88. The van der Waals surface area contributed by atoms with E-state index in [2.05, 4.69) is 0 Å². The minimum Gasteiger partial charge on any atom is -0.465 e. The zero-order valence-corrected chi connectivity index (χ0v) is 12.3. The zero-order valence-electron chi connectivity index (χ0n) is 12.3. The van der Waals surface area contributed by atoms with Crippen LogP contribution in [0.3, 0.4) is 0 Å². The molecule has 4 nitrogen and oxygen atoms in total.